The van der Waals surface area contributed by atoms with Crippen LogP contribution in [0.4, 0.5) is 0 Å². The van der Waals surface area contributed by atoms with Gasteiger partial charge in [-0.05, 0) is 38.3 Å². The maximum Gasteiger partial charge on any atom is 0.222 e. The molecule has 14 heavy (non-hydrogen) atoms. The van der Waals surface area contributed by atoms with Gasteiger partial charge in [-0.1, -0.05) is 6.42 Å². The zero-order chi connectivity index (χ0) is 10.4. The van der Waals surface area contributed by atoms with Gasteiger partial charge in [-0.3, -0.25) is 4.79 Å². The summed E-state index contributed by atoms with van der Waals surface area (Å²) >= 11 is 0. The van der Waals surface area contributed by atoms with Crippen LogP contribution < -0.4 is 5.32 Å². The Kier molecular flexibility index (Phi) is 4.94. The number of amides is 1. The molecule has 0 radical (unpaired) electrons. The lowest BCUT2D eigenvalue weighted by atomic mass is 9.85. The highest BCUT2D eigenvalue weighted by molar-refractivity contribution is 5.75. The topological polar surface area (TPSA) is 32.3 Å². The van der Waals surface area contributed by atoms with Crippen molar-refractivity contribution in [3.8, 4) is 0 Å². The third kappa shape index (κ3) is 4.09. The van der Waals surface area contributed by atoms with Crippen LogP contribution in [0.2, 0.25) is 0 Å². The smallest absolute Gasteiger partial charge is 0.222 e. The van der Waals surface area contributed by atoms with E-state index < -0.39 is 0 Å². The maximum absolute atomic E-state index is 11.2. The molecule has 1 amide bonds. The molecule has 0 aromatic rings. The van der Waals surface area contributed by atoms with E-state index in [2.05, 4.69) is 5.32 Å². The van der Waals surface area contributed by atoms with Gasteiger partial charge in [0.15, 0.2) is 0 Å². The van der Waals surface area contributed by atoms with Crippen molar-refractivity contribution < 1.29 is 4.79 Å². The quantitative estimate of drug-likeness (QED) is 0.651. The summed E-state index contributed by atoms with van der Waals surface area (Å²) < 4.78 is 0. The molecule has 1 saturated carbocycles. The van der Waals surface area contributed by atoms with Gasteiger partial charge in [0.05, 0.1) is 0 Å². The van der Waals surface area contributed by atoms with E-state index in [1.54, 1.807) is 4.90 Å². The molecule has 1 aliphatic carbocycles. The Bertz CT molecular complexity index is 176. The standard InChI is InChI=1S/C11H22N2O/c1-13(2)11(14)7-4-8-12-9-10-5-3-6-10/h10,12H,3-9H2,1-2H3. The van der Waals surface area contributed by atoms with Crippen molar-refractivity contribution in [1.29, 1.82) is 0 Å². The Morgan fingerprint density at radius 1 is 1.43 bits per heavy atom. The Balaban J connectivity index is 1.86. The molecule has 0 atom stereocenters. The van der Waals surface area contributed by atoms with Gasteiger partial charge in [0.2, 0.25) is 5.91 Å². The van der Waals surface area contributed by atoms with Gasteiger partial charge in [0.1, 0.15) is 0 Å². The van der Waals surface area contributed by atoms with Crippen LogP contribution in [0, 0.1) is 5.92 Å². The van der Waals surface area contributed by atoms with E-state index in [1.807, 2.05) is 14.1 Å². The molecule has 0 saturated heterocycles. The van der Waals surface area contributed by atoms with Crippen LogP contribution in [0.25, 0.3) is 0 Å². The third-order valence-electron chi connectivity index (χ3n) is 2.90. The number of hydrogen-bond acceptors (Lipinski definition) is 2. The first-order valence-electron chi connectivity index (χ1n) is 5.61. The minimum atomic E-state index is 0.232. The molecule has 1 aliphatic rings. The van der Waals surface area contributed by atoms with E-state index in [-0.39, 0.29) is 5.91 Å². The van der Waals surface area contributed by atoms with Gasteiger partial charge in [0.25, 0.3) is 0 Å². The molecule has 0 aromatic carbocycles. The lowest BCUT2D eigenvalue weighted by Gasteiger charge is -2.25. The molecule has 0 unspecified atom stereocenters. The predicted molar refractivity (Wildman–Crippen MR) is 58.1 cm³/mol. The Morgan fingerprint density at radius 3 is 2.64 bits per heavy atom. The van der Waals surface area contributed by atoms with Gasteiger partial charge >= 0.3 is 0 Å². The minimum absolute atomic E-state index is 0.232. The number of nitrogens with zero attached hydrogens (tertiary/aromatic N) is 1. The summed E-state index contributed by atoms with van der Waals surface area (Å²) in [4.78, 5) is 12.9. The Labute approximate surface area is 86.9 Å². The second-order valence-electron chi connectivity index (χ2n) is 4.39. The summed E-state index contributed by atoms with van der Waals surface area (Å²) in [6.07, 6.45) is 5.83. The van der Waals surface area contributed by atoms with Crippen molar-refractivity contribution in [2.45, 2.75) is 32.1 Å². The SMILES string of the molecule is CN(C)C(=O)CCCNCC1CCC1. The van der Waals surface area contributed by atoms with Gasteiger partial charge in [-0.2, -0.15) is 0 Å². The lowest BCUT2D eigenvalue weighted by Crippen LogP contribution is -2.29. The monoisotopic (exact) mass is 198 g/mol. The molecule has 0 bridgehead atoms. The molecule has 0 aromatic heterocycles. The first kappa shape index (κ1) is 11.5. The third-order valence-corrected chi connectivity index (χ3v) is 2.90. The summed E-state index contributed by atoms with van der Waals surface area (Å²) in [7, 11) is 3.62. The van der Waals surface area contributed by atoms with Crippen LogP contribution in [-0.4, -0.2) is 38.0 Å². The summed E-state index contributed by atoms with van der Waals surface area (Å²) in [6, 6.07) is 0. The second-order valence-corrected chi connectivity index (χ2v) is 4.39. The highest BCUT2D eigenvalue weighted by atomic mass is 16.2. The van der Waals surface area contributed by atoms with Gasteiger partial charge in [0, 0.05) is 20.5 Å². The summed E-state index contributed by atoms with van der Waals surface area (Å²) in [5, 5.41) is 3.41. The van der Waals surface area contributed by atoms with Crippen LogP contribution in [0.3, 0.4) is 0 Å². The van der Waals surface area contributed by atoms with E-state index in [0.717, 1.165) is 25.4 Å². The Morgan fingerprint density at radius 2 is 2.14 bits per heavy atom. The molecule has 0 aliphatic heterocycles. The zero-order valence-corrected chi connectivity index (χ0v) is 9.38. The number of hydrogen-bond donors (Lipinski definition) is 1. The fraction of sp³-hybridized carbons (Fsp3) is 0.909. The second kappa shape index (κ2) is 6.02. The van der Waals surface area contributed by atoms with E-state index in [1.165, 1.54) is 19.3 Å². The number of nitrogens with one attached hydrogen (secondary N) is 1. The van der Waals surface area contributed by atoms with Gasteiger partial charge < -0.3 is 10.2 Å². The first-order valence-corrected chi connectivity index (χ1v) is 5.61. The van der Waals surface area contributed by atoms with Gasteiger partial charge in [-0.25, -0.2) is 0 Å². The van der Waals surface area contributed by atoms with E-state index in [9.17, 15) is 4.79 Å². The fourth-order valence-electron chi connectivity index (χ4n) is 1.59. The summed E-state index contributed by atoms with van der Waals surface area (Å²) in [6.45, 7) is 2.13. The number of carbonyl (C=O) groups excluding carboxylic acids is 1. The minimum Gasteiger partial charge on any atom is -0.349 e. The van der Waals surface area contributed by atoms with Crippen LogP contribution in [0.5, 0.6) is 0 Å². The average Bonchev–Trinajstić information content (AvgIpc) is 2.07. The van der Waals surface area contributed by atoms with Crippen molar-refractivity contribution in [3.05, 3.63) is 0 Å². The van der Waals surface area contributed by atoms with Crippen molar-refractivity contribution in [1.82, 2.24) is 10.2 Å². The van der Waals surface area contributed by atoms with Gasteiger partial charge in [-0.15, -0.1) is 0 Å². The molecule has 1 rings (SSSR count). The maximum atomic E-state index is 11.2. The van der Waals surface area contributed by atoms with Crippen LogP contribution in [-0.2, 0) is 4.79 Å². The molecule has 3 nitrogen and oxygen atoms in total. The highest BCUT2D eigenvalue weighted by Gasteiger charge is 2.16. The molecular weight excluding hydrogens is 176 g/mol. The van der Waals surface area contributed by atoms with E-state index in [0.29, 0.717) is 6.42 Å². The van der Waals surface area contributed by atoms with E-state index >= 15 is 0 Å². The predicted octanol–water partition coefficient (Wildman–Crippen LogP) is 1.24. The molecule has 0 spiro atoms. The summed E-state index contributed by atoms with van der Waals surface area (Å²) in [5.74, 6) is 1.15. The largest absolute Gasteiger partial charge is 0.349 e. The van der Waals surface area contributed by atoms with Crippen molar-refractivity contribution in [2.24, 2.45) is 5.92 Å². The molecule has 82 valence electrons. The van der Waals surface area contributed by atoms with E-state index in [4.69, 9.17) is 0 Å². The zero-order valence-electron chi connectivity index (χ0n) is 9.38. The fourth-order valence-corrected chi connectivity index (χ4v) is 1.59. The van der Waals surface area contributed by atoms with Crippen molar-refractivity contribution in [3.63, 3.8) is 0 Å². The molecule has 3 heteroatoms. The van der Waals surface area contributed by atoms with Crippen molar-refractivity contribution >= 4 is 5.91 Å². The lowest BCUT2D eigenvalue weighted by molar-refractivity contribution is -0.128. The molecule has 1 N–H and O–H groups in total. The number of carbonyl (C=O) groups is 1. The van der Waals surface area contributed by atoms with Crippen LogP contribution in [0.1, 0.15) is 32.1 Å². The molecule has 1 fully saturated rings. The van der Waals surface area contributed by atoms with Crippen molar-refractivity contribution in [2.75, 3.05) is 27.2 Å². The normalized spacial score (nSPS) is 16.4. The highest BCUT2D eigenvalue weighted by Crippen LogP contribution is 2.24. The molecule has 0 heterocycles. The first-order chi connectivity index (χ1) is 6.70. The Hall–Kier alpha value is -0.570. The average molecular weight is 198 g/mol. The van der Waals surface area contributed by atoms with Crippen LogP contribution in [0.15, 0.2) is 0 Å². The number of rotatable bonds is 6. The summed E-state index contributed by atoms with van der Waals surface area (Å²) in [5.41, 5.74) is 0. The molecular formula is C11H22N2O. The van der Waals surface area contributed by atoms with Crippen LogP contribution >= 0.6 is 0 Å².